The molecule has 0 aliphatic heterocycles. The average molecular weight is 436 g/mol. The maximum absolute atomic E-state index is 13.3. The zero-order valence-electron chi connectivity index (χ0n) is 16.9. The number of rotatable bonds is 5. The number of nitrogens with zero attached hydrogens (tertiary/aromatic N) is 5. The van der Waals surface area contributed by atoms with Gasteiger partial charge in [-0.15, -0.1) is 0 Å². The summed E-state index contributed by atoms with van der Waals surface area (Å²) in [4.78, 5) is 18.1. The third-order valence-electron chi connectivity index (χ3n) is 5.07. The molecule has 7 heteroatoms. The SMILES string of the molecule is N#Cc1ccc(-n2c(SCc3ccc(-n4cccn4)cc3)nc3ccccc3c2=O)cc1. The standard InChI is InChI=1S/C25H17N5OS/c26-16-18-6-12-21(13-7-18)30-24(31)22-4-1-2-5-23(22)28-25(30)32-17-19-8-10-20(11-9-19)29-15-3-14-27-29/h1-15H,17H2. The number of aromatic nitrogens is 4. The fourth-order valence-corrected chi connectivity index (χ4v) is 4.40. The number of benzene rings is 3. The van der Waals surface area contributed by atoms with Crippen LogP contribution in [0.2, 0.25) is 0 Å². The molecule has 0 aliphatic carbocycles. The first-order valence-electron chi connectivity index (χ1n) is 9.97. The summed E-state index contributed by atoms with van der Waals surface area (Å²) < 4.78 is 3.43. The van der Waals surface area contributed by atoms with Gasteiger partial charge in [-0.1, -0.05) is 36.0 Å². The Hall–Kier alpha value is -4.15. The lowest BCUT2D eigenvalue weighted by Gasteiger charge is -2.13. The van der Waals surface area contributed by atoms with Crippen LogP contribution < -0.4 is 5.56 Å². The Morgan fingerprint density at radius 2 is 1.66 bits per heavy atom. The summed E-state index contributed by atoms with van der Waals surface area (Å²) >= 11 is 1.50. The highest BCUT2D eigenvalue weighted by Gasteiger charge is 2.13. The van der Waals surface area contributed by atoms with Crippen LogP contribution in [0.5, 0.6) is 0 Å². The van der Waals surface area contributed by atoms with Gasteiger partial charge in [0.1, 0.15) is 0 Å². The van der Waals surface area contributed by atoms with Crippen molar-refractivity contribution in [3.63, 3.8) is 0 Å². The van der Waals surface area contributed by atoms with E-state index in [0.717, 1.165) is 11.3 Å². The summed E-state index contributed by atoms with van der Waals surface area (Å²) in [6, 6.07) is 26.5. The van der Waals surface area contributed by atoms with Crippen LogP contribution in [-0.2, 0) is 5.75 Å². The molecule has 0 radical (unpaired) electrons. The normalized spacial score (nSPS) is 10.8. The lowest BCUT2D eigenvalue weighted by molar-refractivity contribution is 0.819. The smallest absolute Gasteiger partial charge is 0.266 e. The first kappa shape index (κ1) is 19.8. The Labute approximate surface area is 188 Å². The van der Waals surface area contributed by atoms with E-state index in [2.05, 4.69) is 23.3 Å². The lowest BCUT2D eigenvalue weighted by Crippen LogP contribution is -2.21. The molecule has 0 saturated heterocycles. The lowest BCUT2D eigenvalue weighted by atomic mass is 10.2. The van der Waals surface area contributed by atoms with Crippen LogP contribution in [0.15, 0.2) is 101 Å². The van der Waals surface area contributed by atoms with E-state index >= 15 is 0 Å². The molecule has 0 unspecified atom stereocenters. The minimum Gasteiger partial charge on any atom is -0.268 e. The molecule has 3 aromatic carbocycles. The van der Waals surface area contributed by atoms with E-state index in [-0.39, 0.29) is 5.56 Å². The fraction of sp³-hybridized carbons (Fsp3) is 0.0400. The van der Waals surface area contributed by atoms with Gasteiger partial charge in [0.15, 0.2) is 5.16 Å². The maximum atomic E-state index is 13.3. The van der Waals surface area contributed by atoms with Gasteiger partial charge < -0.3 is 0 Å². The van der Waals surface area contributed by atoms with E-state index in [1.54, 1.807) is 41.1 Å². The molecule has 5 aromatic rings. The third-order valence-corrected chi connectivity index (χ3v) is 6.08. The highest BCUT2D eigenvalue weighted by atomic mass is 32.2. The Morgan fingerprint density at radius 3 is 2.38 bits per heavy atom. The average Bonchev–Trinajstić information content (AvgIpc) is 3.38. The fourth-order valence-electron chi connectivity index (χ4n) is 3.44. The summed E-state index contributed by atoms with van der Waals surface area (Å²) in [5.41, 5.74) is 3.86. The van der Waals surface area contributed by atoms with E-state index < -0.39 is 0 Å². The Morgan fingerprint density at radius 1 is 0.906 bits per heavy atom. The minimum absolute atomic E-state index is 0.128. The van der Waals surface area contributed by atoms with Gasteiger partial charge in [0.2, 0.25) is 0 Å². The van der Waals surface area contributed by atoms with Gasteiger partial charge in [-0.2, -0.15) is 10.4 Å². The molecule has 0 bridgehead atoms. The maximum Gasteiger partial charge on any atom is 0.266 e. The number of para-hydroxylation sites is 1. The quantitative estimate of drug-likeness (QED) is 0.294. The van der Waals surface area contributed by atoms with Crippen LogP contribution in [0.3, 0.4) is 0 Å². The molecule has 0 spiro atoms. The molecule has 5 rings (SSSR count). The highest BCUT2D eigenvalue weighted by Crippen LogP contribution is 2.25. The van der Waals surface area contributed by atoms with Crippen molar-refractivity contribution >= 4 is 22.7 Å². The van der Waals surface area contributed by atoms with Gasteiger partial charge in [-0.05, 0) is 60.2 Å². The second-order valence-electron chi connectivity index (χ2n) is 7.12. The van der Waals surface area contributed by atoms with Gasteiger partial charge in [-0.25, -0.2) is 9.67 Å². The van der Waals surface area contributed by atoms with E-state index in [0.29, 0.717) is 33.1 Å². The molecule has 2 aromatic heterocycles. The zero-order valence-corrected chi connectivity index (χ0v) is 17.7. The summed E-state index contributed by atoms with van der Waals surface area (Å²) in [6.07, 6.45) is 3.65. The van der Waals surface area contributed by atoms with Crippen molar-refractivity contribution in [3.05, 3.63) is 113 Å². The summed E-state index contributed by atoms with van der Waals surface area (Å²) in [5.74, 6) is 0.653. The second-order valence-corrected chi connectivity index (χ2v) is 8.06. The molecule has 0 N–H and O–H groups in total. The Bertz CT molecular complexity index is 1480. The monoisotopic (exact) mass is 435 g/mol. The molecule has 0 saturated carbocycles. The molecule has 0 fully saturated rings. The number of fused-ring (bicyclic) bond motifs is 1. The van der Waals surface area contributed by atoms with E-state index in [4.69, 9.17) is 10.2 Å². The molecule has 2 heterocycles. The van der Waals surface area contributed by atoms with Crippen molar-refractivity contribution in [3.8, 4) is 17.4 Å². The van der Waals surface area contributed by atoms with Gasteiger partial charge in [0, 0.05) is 18.1 Å². The molecular weight excluding hydrogens is 418 g/mol. The molecule has 32 heavy (non-hydrogen) atoms. The number of hydrogen-bond acceptors (Lipinski definition) is 5. The van der Waals surface area contributed by atoms with Crippen molar-refractivity contribution in [2.75, 3.05) is 0 Å². The summed E-state index contributed by atoms with van der Waals surface area (Å²) in [7, 11) is 0. The van der Waals surface area contributed by atoms with Gasteiger partial charge in [-0.3, -0.25) is 9.36 Å². The summed E-state index contributed by atoms with van der Waals surface area (Å²) in [6.45, 7) is 0. The molecular formula is C25H17N5OS. The Kier molecular flexibility index (Phi) is 5.28. The predicted molar refractivity (Wildman–Crippen MR) is 125 cm³/mol. The predicted octanol–water partition coefficient (Wildman–Crippen LogP) is 4.74. The first-order valence-corrected chi connectivity index (χ1v) is 11.0. The van der Waals surface area contributed by atoms with Crippen LogP contribution in [-0.4, -0.2) is 19.3 Å². The topological polar surface area (TPSA) is 76.5 Å². The van der Waals surface area contributed by atoms with Crippen molar-refractivity contribution in [2.45, 2.75) is 10.9 Å². The first-order chi connectivity index (χ1) is 15.7. The summed E-state index contributed by atoms with van der Waals surface area (Å²) in [5, 5.41) is 14.5. The van der Waals surface area contributed by atoms with Crippen molar-refractivity contribution in [1.29, 1.82) is 5.26 Å². The van der Waals surface area contributed by atoms with Gasteiger partial charge in [0.05, 0.1) is 33.9 Å². The van der Waals surface area contributed by atoms with Crippen molar-refractivity contribution in [1.82, 2.24) is 19.3 Å². The van der Waals surface area contributed by atoms with E-state index in [1.807, 2.05) is 47.3 Å². The van der Waals surface area contributed by atoms with E-state index in [1.165, 1.54) is 11.8 Å². The number of hydrogen-bond donors (Lipinski definition) is 0. The molecule has 6 nitrogen and oxygen atoms in total. The highest BCUT2D eigenvalue weighted by molar-refractivity contribution is 7.98. The van der Waals surface area contributed by atoms with Crippen LogP contribution in [0, 0.1) is 11.3 Å². The third kappa shape index (κ3) is 3.80. The van der Waals surface area contributed by atoms with E-state index in [9.17, 15) is 4.79 Å². The largest absolute Gasteiger partial charge is 0.268 e. The minimum atomic E-state index is -0.128. The molecule has 154 valence electrons. The van der Waals surface area contributed by atoms with Crippen LogP contribution in [0.1, 0.15) is 11.1 Å². The van der Waals surface area contributed by atoms with Crippen LogP contribution in [0.4, 0.5) is 0 Å². The van der Waals surface area contributed by atoms with Crippen LogP contribution in [0.25, 0.3) is 22.3 Å². The number of nitriles is 1. The molecule has 0 aliphatic rings. The van der Waals surface area contributed by atoms with Crippen LogP contribution >= 0.6 is 11.8 Å². The van der Waals surface area contributed by atoms with Gasteiger partial charge in [0.25, 0.3) is 5.56 Å². The Balaban J connectivity index is 1.51. The molecule has 0 amide bonds. The zero-order chi connectivity index (χ0) is 21.9. The van der Waals surface area contributed by atoms with Gasteiger partial charge >= 0.3 is 0 Å². The molecule has 0 atom stereocenters. The van der Waals surface area contributed by atoms with Crippen molar-refractivity contribution in [2.24, 2.45) is 0 Å². The van der Waals surface area contributed by atoms with Crippen molar-refractivity contribution < 1.29 is 0 Å². The second kappa shape index (κ2) is 8.53. The number of thioether (sulfide) groups is 1.